The van der Waals surface area contributed by atoms with Crippen molar-refractivity contribution in [2.45, 2.75) is 130 Å². The van der Waals surface area contributed by atoms with Crippen LogP contribution in [0.3, 0.4) is 0 Å². The Morgan fingerprint density at radius 3 is 0.640 bits per heavy atom. The Balaban J connectivity index is 1.56. The number of benzene rings is 4. The molecule has 4 aromatic rings. The fourth-order valence-corrected chi connectivity index (χ4v) is 10.8. The average Bonchev–Trinajstić information content (AvgIpc) is 2.94. The van der Waals surface area contributed by atoms with Crippen LogP contribution in [0.4, 0.5) is 0 Å². The first-order chi connectivity index (χ1) is 23.0. The minimum atomic E-state index is -4.50. The van der Waals surface area contributed by atoms with Crippen LogP contribution in [0, 0.1) is 0 Å². The van der Waals surface area contributed by atoms with E-state index in [4.69, 9.17) is 18.1 Å². The summed E-state index contributed by atoms with van der Waals surface area (Å²) in [6.45, 7) is 29.6. The molecule has 0 saturated carbocycles. The standard InChI is InChI=1S/C45H55O4P/c1-42(2,3)34-18-26-14-28-20-35(43(4,5)6)22-30-16-32-24-37(45(10,11)12)25-33-17-31-23-36(44(7,8)9)21-29-15-27(19-34)38(26)46-50(13,47-39(28)30,48-40(29)31)49-41(32)33/h18-25H,14-17H2,1-13H3. The van der Waals surface area contributed by atoms with Gasteiger partial charge in [-0.3, -0.25) is 0 Å². The Morgan fingerprint density at radius 2 is 0.500 bits per heavy atom. The van der Waals surface area contributed by atoms with Crippen molar-refractivity contribution in [2.75, 3.05) is 6.66 Å². The molecule has 4 aromatic carbocycles. The summed E-state index contributed by atoms with van der Waals surface area (Å²) >= 11 is 0. The Bertz CT molecular complexity index is 1730. The molecular formula is C45H55O4P. The van der Waals surface area contributed by atoms with Gasteiger partial charge in [-0.2, -0.15) is 0 Å². The molecule has 0 N–H and O–H groups in total. The predicted octanol–water partition coefficient (Wildman–Crippen LogP) is 12.0. The second-order valence-electron chi connectivity index (χ2n) is 19.7. The van der Waals surface area contributed by atoms with Crippen molar-refractivity contribution in [1.29, 1.82) is 0 Å². The molecule has 0 radical (unpaired) electrons. The molecule has 5 bridgehead atoms. The van der Waals surface area contributed by atoms with Gasteiger partial charge in [0, 0.05) is 0 Å². The summed E-state index contributed by atoms with van der Waals surface area (Å²) in [4.78, 5) is 0. The Hall–Kier alpha value is -3.49. The van der Waals surface area contributed by atoms with Gasteiger partial charge in [0.25, 0.3) is 0 Å². The molecule has 0 atom stereocenters. The topological polar surface area (TPSA) is 36.9 Å². The molecule has 0 fully saturated rings. The van der Waals surface area contributed by atoms with Gasteiger partial charge in [-0.05, 0) is 0 Å². The Morgan fingerprint density at radius 1 is 0.340 bits per heavy atom. The Labute approximate surface area is 300 Å². The van der Waals surface area contributed by atoms with Gasteiger partial charge in [0.15, 0.2) is 0 Å². The van der Waals surface area contributed by atoms with Crippen molar-refractivity contribution in [3.8, 4) is 23.0 Å². The molecule has 0 aromatic heterocycles. The van der Waals surface area contributed by atoms with E-state index in [-0.39, 0.29) is 21.7 Å². The zero-order chi connectivity index (χ0) is 36.0. The van der Waals surface area contributed by atoms with Crippen LogP contribution in [-0.2, 0) is 47.3 Å². The fraction of sp³-hybridized carbons (Fsp3) is 0.467. The van der Waals surface area contributed by atoms with Gasteiger partial charge in [0.1, 0.15) is 0 Å². The van der Waals surface area contributed by atoms with E-state index in [1.54, 1.807) is 0 Å². The summed E-state index contributed by atoms with van der Waals surface area (Å²) in [5, 5.41) is 0. The quantitative estimate of drug-likeness (QED) is 0.152. The molecule has 4 aliphatic rings. The van der Waals surface area contributed by atoms with Gasteiger partial charge in [-0.25, -0.2) is 0 Å². The first kappa shape index (κ1) is 33.6. The summed E-state index contributed by atoms with van der Waals surface area (Å²) in [5.74, 6) is 3.37. The molecule has 8 rings (SSSR count). The first-order valence-electron chi connectivity index (χ1n) is 18.4. The molecule has 0 amide bonds. The molecule has 4 heterocycles. The molecule has 1 spiro atoms. The molecule has 5 heteroatoms. The second-order valence-corrected chi connectivity index (χ2v) is 22.8. The summed E-state index contributed by atoms with van der Waals surface area (Å²) in [7, 11) is -4.50. The maximum absolute atomic E-state index is 7.44. The molecule has 50 heavy (non-hydrogen) atoms. The van der Waals surface area contributed by atoms with E-state index < -0.39 is 7.51 Å². The third-order valence-corrected chi connectivity index (χ3v) is 13.5. The monoisotopic (exact) mass is 690 g/mol. The molecule has 0 aliphatic carbocycles. The van der Waals surface area contributed by atoms with Crippen LogP contribution < -0.4 is 18.1 Å². The number of hydrogen-bond acceptors (Lipinski definition) is 4. The summed E-state index contributed by atoms with van der Waals surface area (Å²) < 4.78 is 29.8. The summed E-state index contributed by atoms with van der Waals surface area (Å²) in [5.41, 5.74) is 14.3. The molecule has 4 aliphatic heterocycles. The van der Waals surface area contributed by atoms with Gasteiger partial charge in [0.05, 0.1) is 0 Å². The van der Waals surface area contributed by atoms with Crippen molar-refractivity contribution in [2.24, 2.45) is 0 Å². The number of rotatable bonds is 0. The van der Waals surface area contributed by atoms with Crippen molar-refractivity contribution < 1.29 is 18.1 Å². The molecular weight excluding hydrogens is 635 g/mol. The normalized spacial score (nSPS) is 18.9. The van der Waals surface area contributed by atoms with E-state index in [0.29, 0.717) is 25.7 Å². The first-order valence-corrected chi connectivity index (χ1v) is 20.8. The molecule has 0 saturated heterocycles. The van der Waals surface area contributed by atoms with E-state index in [1.165, 1.54) is 22.3 Å². The maximum atomic E-state index is 7.44. The van der Waals surface area contributed by atoms with Crippen molar-refractivity contribution in [3.05, 3.63) is 115 Å². The minimum absolute atomic E-state index is 0.0462. The fourth-order valence-electron chi connectivity index (χ4n) is 8.01. The zero-order valence-corrected chi connectivity index (χ0v) is 33.4. The van der Waals surface area contributed by atoms with Gasteiger partial charge < -0.3 is 0 Å². The van der Waals surface area contributed by atoms with Crippen LogP contribution >= 0.6 is 7.51 Å². The molecule has 264 valence electrons. The molecule has 0 unspecified atom stereocenters. The zero-order valence-electron chi connectivity index (χ0n) is 32.5. The van der Waals surface area contributed by atoms with Gasteiger partial charge in [0.2, 0.25) is 0 Å². The SMILES string of the molecule is CC(C)(C)c1cc2c3c(c1)Cc1cc(C(C)(C)C)cc4c1OP1(C)(O3)Oc3c(cc(C(C)(C)C)cc3Cc3cc(C(C)(C)C)cc(c3O1)C4)C2. The summed E-state index contributed by atoms with van der Waals surface area (Å²) in [6.07, 6.45) is 2.80. The third kappa shape index (κ3) is 5.44. The van der Waals surface area contributed by atoms with Crippen LogP contribution in [0.1, 0.15) is 150 Å². The number of hydrogen-bond donors (Lipinski definition) is 0. The van der Waals surface area contributed by atoms with Crippen LogP contribution in [0.5, 0.6) is 23.0 Å². The van der Waals surface area contributed by atoms with Crippen LogP contribution in [0.15, 0.2) is 48.5 Å². The Kier molecular flexibility index (Phi) is 6.79. The second kappa shape index (κ2) is 10.1. The van der Waals surface area contributed by atoms with E-state index in [1.807, 2.05) is 6.66 Å². The van der Waals surface area contributed by atoms with Gasteiger partial charge >= 0.3 is 301 Å². The van der Waals surface area contributed by atoms with E-state index in [0.717, 1.165) is 67.5 Å². The van der Waals surface area contributed by atoms with Crippen molar-refractivity contribution in [1.82, 2.24) is 0 Å². The summed E-state index contributed by atoms with van der Waals surface area (Å²) in [6, 6.07) is 18.9. The third-order valence-electron chi connectivity index (χ3n) is 11.1. The van der Waals surface area contributed by atoms with Crippen molar-refractivity contribution >= 4 is 7.51 Å². The average molecular weight is 691 g/mol. The predicted molar refractivity (Wildman–Crippen MR) is 207 cm³/mol. The van der Waals surface area contributed by atoms with Gasteiger partial charge in [-0.1, -0.05) is 0 Å². The van der Waals surface area contributed by atoms with Crippen molar-refractivity contribution in [3.63, 3.8) is 0 Å². The van der Waals surface area contributed by atoms with E-state index in [9.17, 15) is 0 Å². The van der Waals surface area contributed by atoms with E-state index in [2.05, 4.69) is 132 Å². The molecule has 4 nitrogen and oxygen atoms in total. The van der Waals surface area contributed by atoms with Gasteiger partial charge in [-0.15, -0.1) is 0 Å². The van der Waals surface area contributed by atoms with E-state index >= 15 is 0 Å². The van der Waals surface area contributed by atoms with Crippen LogP contribution in [0.25, 0.3) is 0 Å². The van der Waals surface area contributed by atoms with Crippen LogP contribution in [-0.4, -0.2) is 6.66 Å². The van der Waals surface area contributed by atoms with Crippen LogP contribution in [0.2, 0.25) is 0 Å².